The molecular weight excluding hydrogens is 390 g/mol. The van der Waals surface area contributed by atoms with Gasteiger partial charge < -0.3 is 10.1 Å². The third kappa shape index (κ3) is 4.46. The lowest BCUT2D eigenvalue weighted by Crippen LogP contribution is -2.60. The van der Waals surface area contributed by atoms with Crippen molar-refractivity contribution in [1.82, 2.24) is 25.5 Å². The number of carbonyl (C=O) groups is 1. The number of nitrogens with zero attached hydrogens (tertiary/aromatic N) is 4. The number of hydrogen-bond donors (Lipinski definition) is 1. The van der Waals surface area contributed by atoms with Crippen molar-refractivity contribution in [3.05, 3.63) is 41.7 Å². The van der Waals surface area contributed by atoms with E-state index in [1.54, 1.807) is 4.80 Å². The fraction of sp³-hybridized carbons (Fsp3) is 0.667. The zero-order valence-corrected chi connectivity index (χ0v) is 18.8. The number of rotatable bonds is 5. The molecule has 1 aromatic carbocycles. The van der Waals surface area contributed by atoms with E-state index < -0.39 is 5.60 Å². The highest BCUT2D eigenvalue weighted by molar-refractivity contribution is 5.68. The summed E-state index contributed by atoms with van der Waals surface area (Å²) in [5.41, 5.74) is 0.967. The fourth-order valence-electron chi connectivity index (χ4n) is 6.58. The van der Waals surface area contributed by atoms with Gasteiger partial charge in [0.25, 0.3) is 0 Å². The third-order valence-corrected chi connectivity index (χ3v) is 7.28. The van der Waals surface area contributed by atoms with Crippen molar-refractivity contribution in [3.8, 4) is 0 Å². The van der Waals surface area contributed by atoms with Crippen molar-refractivity contribution >= 4 is 6.09 Å². The molecule has 7 nitrogen and oxygen atoms in total. The highest BCUT2D eigenvalue weighted by Gasteiger charge is 2.56. The number of benzene rings is 1. The Balaban J connectivity index is 1.25. The number of ether oxygens (including phenoxy) is 1. The van der Waals surface area contributed by atoms with E-state index >= 15 is 0 Å². The third-order valence-electron chi connectivity index (χ3n) is 7.28. The number of tetrazole rings is 1. The monoisotopic (exact) mass is 423 g/mol. The fourth-order valence-corrected chi connectivity index (χ4v) is 6.58. The number of alkyl carbamates (subject to hydrolysis) is 1. The van der Waals surface area contributed by atoms with Crippen LogP contribution < -0.4 is 5.32 Å². The zero-order chi connectivity index (χ0) is 21.6. The summed E-state index contributed by atoms with van der Waals surface area (Å²) in [5, 5.41) is 16.6. The summed E-state index contributed by atoms with van der Waals surface area (Å²) in [6.45, 7) is 6.39. The van der Waals surface area contributed by atoms with Crippen LogP contribution in [0.1, 0.15) is 64.3 Å². The second-order valence-electron chi connectivity index (χ2n) is 11.0. The van der Waals surface area contributed by atoms with Crippen molar-refractivity contribution in [2.24, 2.45) is 23.2 Å². The Kier molecular flexibility index (Phi) is 5.02. The molecule has 2 atom stereocenters. The SMILES string of the molecule is CC(C)(C)OC(=O)NC1C2CC3CC1CC(Cc1nnn(Cc4ccccc4)n1)(C3)C2. The Morgan fingerprint density at radius 1 is 1.16 bits per heavy atom. The highest BCUT2D eigenvalue weighted by Crippen LogP contribution is 2.60. The zero-order valence-electron chi connectivity index (χ0n) is 18.8. The Morgan fingerprint density at radius 3 is 2.55 bits per heavy atom. The first-order valence-electron chi connectivity index (χ1n) is 11.6. The van der Waals surface area contributed by atoms with Crippen LogP contribution in [0, 0.1) is 23.2 Å². The van der Waals surface area contributed by atoms with Crippen LogP contribution in [0.2, 0.25) is 0 Å². The maximum Gasteiger partial charge on any atom is 0.407 e. The Morgan fingerprint density at radius 2 is 1.87 bits per heavy atom. The molecule has 0 aliphatic heterocycles. The predicted molar refractivity (Wildman–Crippen MR) is 116 cm³/mol. The van der Waals surface area contributed by atoms with E-state index in [1.165, 1.54) is 24.8 Å². The standard InChI is InChI=1S/C24H33N5O2/c1-23(2,3)31-22(30)25-21-18-9-17-10-19(21)13-24(11-17,12-18)14-20-26-28-29(27-20)15-16-7-5-4-6-8-16/h4-8,17-19,21H,9-15H2,1-3H3,(H,25,30). The van der Waals surface area contributed by atoms with Crippen LogP contribution in [0.5, 0.6) is 0 Å². The first-order valence-corrected chi connectivity index (χ1v) is 11.6. The van der Waals surface area contributed by atoms with E-state index in [0.29, 0.717) is 18.4 Å². The second-order valence-corrected chi connectivity index (χ2v) is 11.0. The van der Waals surface area contributed by atoms with Crippen molar-refractivity contribution < 1.29 is 9.53 Å². The molecule has 1 heterocycles. The molecule has 4 saturated carbocycles. The van der Waals surface area contributed by atoms with Crippen molar-refractivity contribution in [2.45, 2.75) is 77.5 Å². The molecule has 4 bridgehead atoms. The quantitative estimate of drug-likeness (QED) is 0.786. The first kappa shape index (κ1) is 20.5. The van der Waals surface area contributed by atoms with Crippen LogP contribution in [0.4, 0.5) is 4.79 Å². The molecule has 31 heavy (non-hydrogen) atoms. The molecule has 1 aromatic heterocycles. The number of amides is 1. The Labute approximate surface area is 183 Å². The number of aromatic nitrogens is 4. The van der Waals surface area contributed by atoms with Gasteiger partial charge in [-0.2, -0.15) is 4.80 Å². The lowest BCUT2D eigenvalue weighted by Gasteiger charge is -2.60. The molecular formula is C24H33N5O2. The van der Waals surface area contributed by atoms with Gasteiger partial charge in [-0.25, -0.2) is 4.79 Å². The minimum Gasteiger partial charge on any atom is -0.444 e. The van der Waals surface area contributed by atoms with Crippen LogP contribution >= 0.6 is 0 Å². The van der Waals surface area contributed by atoms with Gasteiger partial charge in [-0.1, -0.05) is 30.3 Å². The van der Waals surface area contributed by atoms with Gasteiger partial charge in [-0.15, -0.1) is 10.2 Å². The van der Waals surface area contributed by atoms with Crippen LogP contribution in [-0.2, 0) is 17.7 Å². The highest BCUT2D eigenvalue weighted by atomic mass is 16.6. The molecule has 1 N–H and O–H groups in total. The molecule has 4 aliphatic carbocycles. The Bertz CT molecular complexity index is 919. The molecule has 1 amide bonds. The summed E-state index contributed by atoms with van der Waals surface area (Å²) in [7, 11) is 0. The predicted octanol–water partition coefficient (Wildman–Crippen LogP) is 3.98. The van der Waals surface area contributed by atoms with Gasteiger partial charge in [0.05, 0.1) is 6.54 Å². The molecule has 7 heteroatoms. The van der Waals surface area contributed by atoms with Crippen molar-refractivity contribution in [1.29, 1.82) is 0 Å². The van der Waals surface area contributed by atoms with Gasteiger partial charge in [0.1, 0.15) is 5.60 Å². The second kappa shape index (κ2) is 7.61. The lowest BCUT2D eigenvalue weighted by atomic mass is 9.47. The molecule has 4 aliphatic rings. The van der Waals surface area contributed by atoms with E-state index in [4.69, 9.17) is 9.84 Å². The average Bonchev–Trinajstić information content (AvgIpc) is 3.09. The smallest absolute Gasteiger partial charge is 0.407 e. The van der Waals surface area contributed by atoms with Gasteiger partial charge in [0.2, 0.25) is 0 Å². The minimum absolute atomic E-state index is 0.237. The molecule has 2 unspecified atom stereocenters. The molecule has 6 rings (SSSR count). The van der Waals surface area contributed by atoms with E-state index in [-0.39, 0.29) is 17.6 Å². The molecule has 4 fully saturated rings. The van der Waals surface area contributed by atoms with E-state index in [1.807, 2.05) is 39.0 Å². The van der Waals surface area contributed by atoms with Crippen molar-refractivity contribution in [3.63, 3.8) is 0 Å². The maximum atomic E-state index is 12.4. The van der Waals surface area contributed by atoms with Gasteiger partial charge in [-0.3, -0.25) is 0 Å². The van der Waals surface area contributed by atoms with Gasteiger partial charge in [-0.05, 0) is 86.8 Å². The summed E-state index contributed by atoms with van der Waals surface area (Å²) < 4.78 is 5.54. The average molecular weight is 424 g/mol. The number of nitrogens with one attached hydrogen (secondary N) is 1. The van der Waals surface area contributed by atoms with E-state index in [0.717, 1.165) is 31.0 Å². The van der Waals surface area contributed by atoms with Crippen LogP contribution in [0.3, 0.4) is 0 Å². The maximum absolute atomic E-state index is 12.4. The van der Waals surface area contributed by atoms with Crippen LogP contribution in [-0.4, -0.2) is 37.9 Å². The molecule has 2 aromatic rings. The Hall–Kier alpha value is -2.44. The topological polar surface area (TPSA) is 81.9 Å². The summed E-state index contributed by atoms with van der Waals surface area (Å²) in [5.74, 6) is 2.67. The molecule has 0 spiro atoms. The van der Waals surface area contributed by atoms with Crippen LogP contribution in [0.15, 0.2) is 30.3 Å². The normalized spacial score (nSPS) is 31.6. The number of carbonyl (C=O) groups excluding carboxylic acids is 1. The van der Waals surface area contributed by atoms with Gasteiger partial charge >= 0.3 is 6.09 Å². The molecule has 0 saturated heterocycles. The summed E-state index contributed by atoms with van der Waals surface area (Å²) in [4.78, 5) is 14.1. The van der Waals surface area contributed by atoms with Gasteiger partial charge in [0, 0.05) is 12.5 Å². The largest absolute Gasteiger partial charge is 0.444 e. The lowest BCUT2D eigenvalue weighted by molar-refractivity contribution is -0.0776. The van der Waals surface area contributed by atoms with Crippen molar-refractivity contribution in [2.75, 3.05) is 0 Å². The first-order chi connectivity index (χ1) is 14.8. The van der Waals surface area contributed by atoms with E-state index in [2.05, 4.69) is 27.8 Å². The number of hydrogen-bond acceptors (Lipinski definition) is 5. The van der Waals surface area contributed by atoms with Gasteiger partial charge in [0.15, 0.2) is 5.82 Å². The summed E-state index contributed by atoms with van der Waals surface area (Å²) >= 11 is 0. The molecule has 0 radical (unpaired) electrons. The van der Waals surface area contributed by atoms with E-state index in [9.17, 15) is 4.79 Å². The minimum atomic E-state index is -0.464. The summed E-state index contributed by atoms with van der Waals surface area (Å²) in [6.07, 6.45) is 6.57. The summed E-state index contributed by atoms with van der Waals surface area (Å²) in [6, 6.07) is 10.5. The van der Waals surface area contributed by atoms with Crippen LogP contribution in [0.25, 0.3) is 0 Å². The molecule has 166 valence electrons.